The van der Waals surface area contributed by atoms with Crippen molar-refractivity contribution < 1.29 is 59.5 Å². The minimum Gasteiger partial charge on any atom is -0.505 e. The topological polar surface area (TPSA) is 331 Å². The normalized spacial score (nSPS) is 12.1. The van der Waals surface area contributed by atoms with Crippen molar-refractivity contribution in [1.82, 2.24) is 0 Å². The van der Waals surface area contributed by atoms with Gasteiger partial charge in [0.15, 0.2) is 11.4 Å². The number of carbonyl (C=O) groups excluding carboxylic acids is 2. The van der Waals surface area contributed by atoms with Gasteiger partial charge in [0.25, 0.3) is 32.4 Å². The van der Waals surface area contributed by atoms with Crippen LogP contribution in [0.1, 0.15) is 24.0 Å². The second kappa shape index (κ2) is 18.7. The van der Waals surface area contributed by atoms with Gasteiger partial charge in [0.1, 0.15) is 32.7 Å². The van der Waals surface area contributed by atoms with Crippen LogP contribution >= 0.6 is 0 Å². The molecule has 0 unspecified atom stereocenters. The summed E-state index contributed by atoms with van der Waals surface area (Å²) in [4.78, 5) is 43.1. The minimum atomic E-state index is -4.85. The van der Waals surface area contributed by atoms with Crippen molar-refractivity contribution in [3.63, 3.8) is 0 Å². The van der Waals surface area contributed by atoms with Gasteiger partial charge < -0.3 is 20.7 Å². The first-order valence-corrected chi connectivity index (χ1v) is 20.0. The second-order valence-corrected chi connectivity index (χ2v) is 15.9. The van der Waals surface area contributed by atoms with Crippen LogP contribution in [0.4, 0.5) is 45.5 Å². The number of fused-ring (bicyclic) bond motifs is 1. The lowest BCUT2D eigenvalue weighted by molar-refractivity contribution is -0.384. The highest BCUT2D eigenvalue weighted by molar-refractivity contribution is 7.87. The number of phenolic OH excluding ortho intramolecular Hbond substituents is 1. The average Bonchev–Trinajstić information content (AvgIpc) is 3.22. The summed E-state index contributed by atoms with van der Waals surface area (Å²) in [5.41, 5.74) is 5.53. The highest BCUT2D eigenvalue weighted by Crippen LogP contribution is 2.49. The zero-order chi connectivity index (χ0) is 44.6. The molecule has 0 aliphatic heterocycles. The van der Waals surface area contributed by atoms with Gasteiger partial charge in [0.2, 0.25) is 0 Å². The molecule has 0 fully saturated rings. The lowest BCUT2D eigenvalue weighted by Crippen LogP contribution is -2.07. The van der Waals surface area contributed by atoms with E-state index in [0.717, 1.165) is 38.5 Å². The first kappa shape index (κ1) is 44.7. The lowest BCUT2D eigenvalue weighted by Gasteiger charge is -2.15. The molecule has 0 atom stereocenters. The highest BCUT2D eigenvalue weighted by atomic mass is 32.2. The zero-order valence-corrected chi connectivity index (χ0v) is 33.6. The highest BCUT2D eigenvalue weighted by Gasteiger charge is 2.30. The molecule has 22 nitrogen and oxygen atoms in total. The number of Topliss-reactive ketones (excluding diaryl/α,β-unsaturated/α-hetero) is 1. The number of anilines is 1. The van der Waals surface area contributed by atoms with E-state index in [4.69, 9.17) is 19.8 Å². The van der Waals surface area contributed by atoms with Gasteiger partial charge in [0, 0.05) is 24.3 Å². The molecule has 5 aromatic carbocycles. The summed E-state index contributed by atoms with van der Waals surface area (Å²) in [7, 11) is -7.97. The zero-order valence-electron chi connectivity index (χ0n) is 31.9. The van der Waals surface area contributed by atoms with Gasteiger partial charge in [-0.25, -0.2) is 0 Å². The van der Waals surface area contributed by atoms with Crippen LogP contribution in [0.15, 0.2) is 113 Å². The van der Waals surface area contributed by atoms with Crippen LogP contribution in [0.5, 0.6) is 11.5 Å². The first-order valence-electron chi connectivity index (χ1n) is 17.2. The fraction of sp³-hybridized carbons (Fsp3) is 0.162. The third-order valence-corrected chi connectivity index (χ3v) is 11.2. The van der Waals surface area contributed by atoms with Crippen molar-refractivity contribution in [1.29, 1.82) is 0 Å². The number of carboxylic acid groups (broad SMARTS) is 1. The molecule has 0 aliphatic rings. The van der Waals surface area contributed by atoms with Crippen LogP contribution < -0.4 is 10.5 Å². The summed E-state index contributed by atoms with van der Waals surface area (Å²) in [5, 5.41) is 55.8. The van der Waals surface area contributed by atoms with Crippen LogP contribution in [0.3, 0.4) is 0 Å². The van der Waals surface area contributed by atoms with Crippen LogP contribution in [0, 0.1) is 17.0 Å². The summed E-state index contributed by atoms with van der Waals surface area (Å²) in [6.45, 7) is 2.00. The third-order valence-electron chi connectivity index (χ3n) is 8.56. The number of nitro groups is 1. The molecule has 0 saturated carbocycles. The molecule has 0 aliphatic carbocycles. The van der Waals surface area contributed by atoms with E-state index in [0.29, 0.717) is 29.2 Å². The van der Waals surface area contributed by atoms with Gasteiger partial charge in [-0.1, -0.05) is 6.07 Å². The molecule has 0 heterocycles. The number of nitrogens with zero attached hydrogens (tertiary/aromatic N) is 7. The molecule has 0 amide bonds. The van der Waals surface area contributed by atoms with E-state index in [1.54, 1.807) is 31.2 Å². The molecule has 316 valence electrons. The fourth-order valence-electron chi connectivity index (χ4n) is 5.53. The first-order chi connectivity index (χ1) is 28.9. The maximum absolute atomic E-state index is 13.3. The molecule has 5 rings (SSSR count). The van der Waals surface area contributed by atoms with Crippen molar-refractivity contribution >= 4 is 94.7 Å². The fourth-order valence-corrected chi connectivity index (χ4v) is 7.21. The van der Waals surface area contributed by atoms with E-state index in [-0.39, 0.29) is 29.8 Å². The predicted molar refractivity (Wildman–Crippen MR) is 214 cm³/mol. The number of carbonyl (C=O) groups is 3. The van der Waals surface area contributed by atoms with Crippen molar-refractivity contribution in [2.45, 2.75) is 36.0 Å². The number of hydrogen-bond donors (Lipinski definition) is 3. The number of nitrogen functional groups attached to an aromatic ring is 1. The Balaban J connectivity index is 1.60. The van der Waals surface area contributed by atoms with Gasteiger partial charge in [-0.3, -0.25) is 32.9 Å². The van der Waals surface area contributed by atoms with Crippen LogP contribution in [0.25, 0.3) is 10.8 Å². The maximum atomic E-state index is 13.3. The summed E-state index contributed by atoms with van der Waals surface area (Å²) in [6.07, 6.45) is -1.10. The number of aromatic hydroxyl groups is 1. The Hall–Kier alpha value is -7.41. The van der Waals surface area contributed by atoms with Gasteiger partial charge in [-0.05, 0) is 78.7 Å². The van der Waals surface area contributed by atoms with E-state index in [2.05, 4.69) is 34.9 Å². The van der Waals surface area contributed by atoms with E-state index < -0.39 is 92.4 Å². The van der Waals surface area contributed by atoms with E-state index >= 15 is 0 Å². The van der Waals surface area contributed by atoms with Crippen LogP contribution in [0.2, 0.25) is 0 Å². The molecular weight excluding hydrogens is 845 g/mol. The predicted octanol–water partition coefficient (Wildman–Crippen LogP) is 7.77. The van der Waals surface area contributed by atoms with Crippen molar-refractivity contribution in [3.05, 3.63) is 94.0 Å². The Kier molecular flexibility index (Phi) is 13.7. The molecule has 0 saturated heterocycles. The molecule has 0 bridgehead atoms. The number of phenols is 1. The largest absolute Gasteiger partial charge is 0.505 e. The van der Waals surface area contributed by atoms with Crippen LogP contribution in [-0.2, 0) is 49.4 Å². The van der Waals surface area contributed by atoms with E-state index in [9.17, 15) is 46.4 Å². The Bertz CT molecular complexity index is 2900. The van der Waals surface area contributed by atoms with Gasteiger partial charge in [0.05, 0.1) is 53.7 Å². The van der Waals surface area contributed by atoms with Gasteiger partial charge >= 0.3 is 5.97 Å². The number of hydrogen-bond acceptors (Lipinski definition) is 20. The van der Waals surface area contributed by atoms with Crippen molar-refractivity contribution in [2.24, 2.45) is 30.7 Å². The summed E-state index contributed by atoms with van der Waals surface area (Å²) in [6, 6.07) is 15.9. The SMILES string of the molecule is COS(=O)(=O)c1cc2c(S(=O)(=O)OC)cc(N=Nc3ccc(N=Nc4ccc(OC=O)cc4)c(C)c3)c(N)c2c(O)c1N=Nc1ccc(CC(=O)CCC(=O)O)cc1[N+](=O)[O-]. The number of ketones is 1. The molecule has 0 spiro atoms. The smallest absolute Gasteiger partial charge is 0.303 e. The van der Waals surface area contributed by atoms with Gasteiger partial charge in [-0.2, -0.15) is 32.2 Å². The standard InChI is InChI=1S/C37H32N8O14S2/c1-20-14-23(7-12-27(20)41-39-22-5-9-25(10-6-22)59-19-46)40-43-29-18-31(60(53,54)57-2)26-17-32(61(55,56)58-3)36(37(50)34(26)35(29)38)44-42-28-11-4-21(16-30(28)45(51)52)15-24(47)8-13-33(48)49/h4-7,9-12,14,16-19,50H,8,13,15,38H2,1-3H3,(H,48,49). The Morgan fingerprint density at radius 1 is 0.787 bits per heavy atom. The van der Waals surface area contributed by atoms with Gasteiger partial charge in [-0.15, -0.1) is 15.3 Å². The average molecular weight is 877 g/mol. The Morgan fingerprint density at radius 2 is 1.39 bits per heavy atom. The van der Waals surface area contributed by atoms with E-state index in [1.165, 1.54) is 24.3 Å². The Morgan fingerprint density at radius 3 is 2.02 bits per heavy atom. The van der Waals surface area contributed by atoms with E-state index in [1.807, 2.05) is 0 Å². The Labute approximate surface area is 345 Å². The number of azo groups is 3. The summed E-state index contributed by atoms with van der Waals surface area (Å²) in [5.74, 6) is -2.44. The number of ether oxygens (including phenoxy) is 1. The van der Waals surface area contributed by atoms with Crippen LogP contribution in [-0.4, -0.2) is 64.4 Å². The molecular formula is C37H32N8O14S2. The quantitative estimate of drug-likeness (QED) is 0.0189. The molecule has 61 heavy (non-hydrogen) atoms. The number of carboxylic acids is 1. The molecule has 0 aromatic heterocycles. The lowest BCUT2D eigenvalue weighted by atomic mass is 10.0. The second-order valence-electron chi connectivity index (χ2n) is 12.5. The molecule has 4 N–H and O–H groups in total. The number of benzene rings is 5. The van der Waals surface area contributed by atoms with Crippen molar-refractivity contribution in [3.8, 4) is 11.5 Å². The molecule has 0 radical (unpaired) electrons. The maximum Gasteiger partial charge on any atom is 0.303 e. The molecule has 5 aromatic rings. The number of rotatable bonds is 18. The summed E-state index contributed by atoms with van der Waals surface area (Å²) < 4.78 is 67.0. The molecule has 24 heteroatoms. The minimum absolute atomic E-state index is 0.140. The number of nitrogens with two attached hydrogens (primary N) is 1. The summed E-state index contributed by atoms with van der Waals surface area (Å²) >= 11 is 0. The van der Waals surface area contributed by atoms with Crippen molar-refractivity contribution in [2.75, 3.05) is 20.0 Å². The number of aryl methyl sites for hydroxylation is 1. The third kappa shape index (κ3) is 10.4. The monoisotopic (exact) mass is 876 g/mol. The number of nitro benzene ring substituents is 1. The number of aliphatic carboxylic acids is 1.